The summed E-state index contributed by atoms with van der Waals surface area (Å²) in [5, 5.41) is 8.69. The lowest BCUT2D eigenvalue weighted by atomic mass is 9.98. The first-order chi connectivity index (χ1) is 17.0. The maximum Gasteiger partial charge on any atom is 0.317 e. The van der Waals surface area contributed by atoms with Crippen molar-refractivity contribution in [3.63, 3.8) is 0 Å². The number of nitrogens with zero attached hydrogens (tertiary/aromatic N) is 2. The molecule has 0 unspecified atom stereocenters. The van der Waals surface area contributed by atoms with Crippen LogP contribution in [0.2, 0.25) is 0 Å². The number of nitrogens with one attached hydrogen (secondary N) is 2. The molecule has 1 fully saturated rings. The number of rotatable bonds is 8. The van der Waals surface area contributed by atoms with E-state index in [4.69, 9.17) is 0 Å². The lowest BCUT2D eigenvalue weighted by Gasteiger charge is -2.31. The normalized spacial score (nSPS) is 14.1. The number of urea groups is 1. The molecule has 2 heterocycles. The van der Waals surface area contributed by atoms with Crippen LogP contribution in [0.1, 0.15) is 60.4 Å². The zero-order chi connectivity index (χ0) is 24.6. The van der Waals surface area contributed by atoms with Gasteiger partial charge in [-0.05, 0) is 43.0 Å². The van der Waals surface area contributed by atoms with Crippen molar-refractivity contribution in [3.8, 4) is 11.1 Å². The number of amides is 3. The molecule has 1 aliphatic heterocycles. The molecule has 6 nitrogen and oxygen atoms in total. The van der Waals surface area contributed by atoms with Gasteiger partial charge in [0.1, 0.15) is 11.5 Å². The monoisotopic (exact) mass is 494 g/mol. The Bertz CT molecular complexity index is 1140. The average molecular weight is 495 g/mol. The van der Waals surface area contributed by atoms with E-state index in [-0.39, 0.29) is 23.7 Å². The van der Waals surface area contributed by atoms with Gasteiger partial charge in [-0.3, -0.25) is 4.79 Å². The van der Waals surface area contributed by atoms with Crippen LogP contribution in [0.3, 0.4) is 0 Å². The van der Waals surface area contributed by atoms with Gasteiger partial charge >= 0.3 is 6.03 Å². The molecule has 1 aromatic heterocycles. The van der Waals surface area contributed by atoms with Gasteiger partial charge in [-0.2, -0.15) is 0 Å². The minimum Gasteiger partial charge on any atom is -0.338 e. The highest BCUT2D eigenvalue weighted by Crippen LogP contribution is 2.32. The Labute approximate surface area is 209 Å². The quantitative estimate of drug-likeness (QED) is 0.362. The number of anilines is 1. The molecule has 2 N–H and O–H groups in total. The molecule has 4 rings (SSSR count). The molecule has 0 aliphatic carbocycles. The molecule has 1 aliphatic rings. The van der Waals surface area contributed by atoms with Crippen molar-refractivity contribution in [2.45, 2.75) is 44.9 Å². The van der Waals surface area contributed by atoms with Crippen molar-refractivity contribution in [1.82, 2.24) is 15.2 Å². The van der Waals surface area contributed by atoms with Crippen LogP contribution < -0.4 is 10.6 Å². The molecule has 184 valence electrons. The third kappa shape index (κ3) is 6.45. The van der Waals surface area contributed by atoms with E-state index in [0.29, 0.717) is 24.5 Å². The number of thiazole rings is 1. The molecule has 3 aromatic rings. The van der Waals surface area contributed by atoms with Gasteiger partial charge < -0.3 is 15.5 Å². The van der Waals surface area contributed by atoms with Crippen molar-refractivity contribution in [1.29, 1.82) is 0 Å². The number of halogens is 1. The van der Waals surface area contributed by atoms with Gasteiger partial charge in [0, 0.05) is 42.2 Å². The summed E-state index contributed by atoms with van der Waals surface area (Å²) in [4.78, 5) is 31.8. The van der Waals surface area contributed by atoms with Crippen molar-refractivity contribution in [2.24, 2.45) is 0 Å². The zero-order valence-electron chi connectivity index (χ0n) is 19.9. The number of para-hydroxylation sites is 1. The molecule has 2 aromatic carbocycles. The summed E-state index contributed by atoms with van der Waals surface area (Å²) < 4.78 is 13.3. The van der Waals surface area contributed by atoms with Crippen molar-refractivity contribution < 1.29 is 14.0 Å². The summed E-state index contributed by atoms with van der Waals surface area (Å²) in [5.41, 5.74) is 2.67. The minimum absolute atomic E-state index is 0.0126. The van der Waals surface area contributed by atoms with Gasteiger partial charge in [-0.1, -0.05) is 50.1 Å². The van der Waals surface area contributed by atoms with Crippen LogP contribution in [-0.4, -0.2) is 41.5 Å². The molecule has 0 saturated carbocycles. The second-order valence-corrected chi connectivity index (χ2v) is 9.67. The number of aromatic nitrogens is 1. The van der Waals surface area contributed by atoms with E-state index in [9.17, 15) is 14.0 Å². The van der Waals surface area contributed by atoms with Crippen LogP contribution >= 0.6 is 11.3 Å². The summed E-state index contributed by atoms with van der Waals surface area (Å²) in [6, 6.07) is 13.7. The first-order valence-corrected chi connectivity index (χ1v) is 13.1. The molecular formula is C27H31FN4O2S. The molecule has 0 atom stereocenters. The second-order valence-electron chi connectivity index (χ2n) is 8.78. The molecule has 8 heteroatoms. The minimum atomic E-state index is -0.302. The predicted octanol–water partition coefficient (Wildman–Crippen LogP) is 6.28. The highest BCUT2D eigenvalue weighted by atomic mass is 32.1. The fourth-order valence-corrected chi connectivity index (χ4v) is 5.22. The fourth-order valence-electron chi connectivity index (χ4n) is 4.25. The number of carbonyl (C=O) groups is 2. The number of hydrogen-bond donors (Lipinski definition) is 2. The highest BCUT2D eigenvalue weighted by molar-refractivity contribution is 7.10. The Morgan fingerprint density at radius 3 is 2.57 bits per heavy atom. The van der Waals surface area contributed by atoms with E-state index in [1.807, 2.05) is 29.2 Å². The lowest BCUT2D eigenvalue weighted by molar-refractivity contribution is 0.102. The van der Waals surface area contributed by atoms with Crippen molar-refractivity contribution in [3.05, 3.63) is 70.4 Å². The van der Waals surface area contributed by atoms with Crippen LogP contribution in [0.15, 0.2) is 53.9 Å². The van der Waals surface area contributed by atoms with Crippen LogP contribution in [-0.2, 0) is 0 Å². The van der Waals surface area contributed by atoms with Gasteiger partial charge in [0.2, 0.25) is 0 Å². The molecule has 0 bridgehead atoms. The Kier molecular flexibility index (Phi) is 8.47. The van der Waals surface area contributed by atoms with Gasteiger partial charge in [-0.15, -0.1) is 11.3 Å². The van der Waals surface area contributed by atoms with Crippen LogP contribution in [0, 0.1) is 5.82 Å². The Morgan fingerprint density at radius 1 is 1.09 bits per heavy atom. The van der Waals surface area contributed by atoms with Gasteiger partial charge in [0.25, 0.3) is 5.91 Å². The zero-order valence-corrected chi connectivity index (χ0v) is 20.7. The molecular weight excluding hydrogens is 463 g/mol. The maximum atomic E-state index is 13.3. The van der Waals surface area contributed by atoms with Crippen LogP contribution in [0.4, 0.5) is 14.9 Å². The summed E-state index contributed by atoms with van der Waals surface area (Å²) in [5.74, 6) is -0.327. The Morgan fingerprint density at radius 2 is 1.83 bits per heavy atom. The largest absolute Gasteiger partial charge is 0.338 e. The average Bonchev–Trinajstić information content (AvgIpc) is 3.38. The van der Waals surface area contributed by atoms with E-state index in [0.717, 1.165) is 54.8 Å². The van der Waals surface area contributed by atoms with Gasteiger partial charge in [0.15, 0.2) is 0 Å². The van der Waals surface area contributed by atoms with Crippen molar-refractivity contribution in [2.75, 3.05) is 25.0 Å². The number of unbranched alkanes of at least 4 members (excludes halogenated alkanes) is 2. The highest BCUT2D eigenvalue weighted by Gasteiger charge is 2.26. The van der Waals surface area contributed by atoms with E-state index in [1.54, 1.807) is 17.5 Å². The first kappa shape index (κ1) is 24.9. The summed E-state index contributed by atoms with van der Waals surface area (Å²) in [7, 11) is 0. The number of carbonyl (C=O) groups excluding carboxylic acids is 2. The summed E-state index contributed by atoms with van der Waals surface area (Å²) in [6.45, 7) is 4.25. The smallest absolute Gasteiger partial charge is 0.317 e. The lowest BCUT2D eigenvalue weighted by Crippen LogP contribution is -2.44. The van der Waals surface area contributed by atoms with Crippen LogP contribution in [0.25, 0.3) is 11.1 Å². The molecule has 0 spiro atoms. The third-order valence-corrected chi connectivity index (χ3v) is 7.28. The van der Waals surface area contributed by atoms with E-state index in [2.05, 4.69) is 22.5 Å². The SMILES string of the molecule is CCCCCNC(=O)N1CCC(c2nc(C(=O)Nc3ccccc3-c3ccc(F)cc3)cs2)CC1. The molecule has 35 heavy (non-hydrogen) atoms. The van der Waals surface area contributed by atoms with E-state index in [1.165, 1.54) is 23.5 Å². The second kappa shape index (κ2) is 11.9. The topological polar surface area (TPSA) is 74.3 Å². The third-order valence-electron chi connectivity index (χ3n) is 6.27. The standard InChI is InChI=1S/C27H31FN4O2S/c1-2-3-6-15-29-27(34)32-16-13-20(14-17-32)26-31-24(18-35-26)25(33)30-23-8-5-4-7-22(23)19-9-11-21(28)12-10-19/h4-5,7-12,18,20H,2-3,6,13-17H2,1H3,(H,29,34)(H,30,33). The number of benzene rings is 2. The summed E-state index contributed by atoms with van der Waals surface area (Å²) in [6.07, 6.45) is 4.95. The van der Waals surface area contributed by atoms with Crippen molar-refractivity contribution >= 4 is 29.0 Å². The fraction of sp³-hybridized carbons (Fsp3) is 0.370. The first-order valence-electron chi connectivity index (χ1n) is 12.2. The van der Waals surface area contributed by atoms with E-state index >= 15 is 0 Å². The summed E-state index contributed by atoms with van der Waals surface area (Å²) >= 11 is 1.49. The van der Waals surface area contributed by atoms with Crippen LogP contribution in [0.5, 0.6) is 0 Å². The Hall–Kier alpha value is -3.26. The number of piperidine rings is 1. The van der Waals surface area contributed by atoms with E-state index < -0.39 is 0 Å². The van der Waals surface area contributed by atoms with Gasteiger partial charge in [-0.25, -0.2) is 14.2 Å². The Balaban J connectivity index is 1.34. The molecule has 0 radical (unpaired) electrons. The number of hydrogen-bond acceptors (Lipinski definition) is 4. The van der Waals surface area contributed by atoms with Gasteiger partial charge in [0.05, 0.1) is 5.01 Å². The maximum absolute atomic E-state index is 13.3. The molecule has 1 saturated heterocycles. The predicted molar refractivity (Wildman–Crippen MR) is 138 cm³/mol. The number of likely N-dealkylation sites (tertiary alicyclic amines) is 1. The molecule has 3 amide bonds.